The Kier molecular flexibility index (Phi) is 4.79. The van der Waals surface area contributed by atoms with Gasteiger partial charge in [0.1, 0.15) is 5.56 Å². The van der Waals surface area contributed by atoms with Gasteiger partial charge in [0.25, 0.3) is 5.89 Å². The van der Waals surface area contributed by atoms with Crippen LogP contribution < -0.4 is 0 Å². The van der Waals surface area contributed by atoms with Crippen LogP contribution in [0.15, 0.2) is 59.3 Å². The van der Waals surface area contributed by atoms with E-state index in [1.165, 1.54) is 16.7 Å². The molecule has 0 aliphatic rings. The van der Waals surface area contributed by atoms with Gasteiger partial charge >= 0.3 is 0 Å². The highest BCUT2D eigenvalue weighted by Gasteiger charge is 2.20. The first-order valence-corrected chi connectivity index (χ1v) is 10.4. The molecule has 0 radical (unpaired) electrons. The minimum Gasteiger partial charge on any atom is -0.333 e. The van der Waals surface area contributed by atoms with Crippen LogP contribution in [-0.2, 0) is 6.42 Å². The summed E-state index contributed by atoms with van der Waals surface area (Å²) in [5.74, 6) is 0.883. The maximum Gasteiger partial charge on any atom is 0.263 e. The van der Waals surface area contributed by atoms with Crippen molar-refractivity contribution in [3.63, 3.8) is 0 Å². The number of rotatable bonds is 4. The van der Waals surface area contributed by atoms with Crippen molar-refractivity contribution in [2.45, 2.75) is 27.2 Å². The van der Waals surface area contributed by atoms with Crippen LogP contribution in [0.5, 0.6) is 0 Å². The topological polar surface area (TPSA) is 69.1 Å². The van der Waals surface area contributed by atoms with Crippen LogP contribution in [0.1, 0.15) is 28.1 Å². The van der Waals surface area contributed by atoms with E-state index < -0.39 is 0 Å². The van der Waals surface area contributed by atoms with Gasteiger partial charge in [0, 0.05) is 28.4 Å². The largest absolute Gasteiger partial charge is 0.333 e. The van der Waals surface area contributed by atoms with E-state index in [0.717, 1.165) is 23.4 Å². The van der Waals surface area contributed by atoms with Crippen LogP contribution in [0.2, 0.25) is 5.02 Å². The molecule has 0 saturated carbocycles. The quantitative estimate of drug-likeness (QED) is 0.371. The van der Waals surface area contributed by atoms with Gasteiger partial charge in [-0.3, -0.25) is 0 Å². The van der Waals surface area contributed by atoms with E-state index in [4.69, 9.17) is 21.1 Å². The van der Waals surface area contributed by atoms with Crippen molar-refractivity contribution in [3.05, 3.63) is 87.8 Å². The molecule has 0 saturated heterocycles. The molecule has 5 rings (SSSR count). The fourth-order valence-corrected chi connectivity index (χ4v) is 3.89. The molecule has 0 fully saturated rings. The lowest BCUT2D eigenvalue weighted by Gasteiger charge is -2.13. The van der Waals surface area contributed by atoms with Crippen LogP contribution >= 0.6 is 11.6 Å². The molecule has 31 heavy (non-hydrogen) atoms. The predicted molar refractivity (Wildman–Crippen MR) is 120 cm³/mol. The molecule has 0 spiro atoms. The Morgan fingerprint density at radius 1 is 0.968 bits per heavy atom. The van der Waals surface area contributed by atoms with Gasteiger partial charge in [-0.25, -0.2) is 9.50 Å². The number of benzene rings is 2. The normalized spacial score (nSPS) is 11.4. The molecule has 2 aromatic carbocycles. The van der Waals surface area contributed by atoms with Gasteiger partial charge in [-0.2, -0.15) is 10.1 Å². The van der Waals surface area contributed by atoms with Crippen LogP contribution in [0, 0.1) is 20.8 Å². The molecule has 5 aromatic rings. The summed E-state index contributed by atoms with van der Waals surface area (Å²) in [6.07, 6.45) is 2.54. The molecule has 0 bridgehead atoms. The molecule has 0 aliphatic carbocycles. The summed E-state index contributed by atoms with van der Waals surface area (Å²) in [4.78, 5) is 9.40. The first kappa shape index (κ1) is 19.5. The SMILES string of the molecule is Cc1ccccc1Cc1c(C)nc2c(-c3nc(-c4ccc(Cl)cc4)no3)cnn2c1C. The molecular weight excluding hydrogens is 410 g/mol. The zero-order valence-electron chi connectivity index (χ0n) is 17.4. The lowest BCUT2D eigenvalue weighted by Crippen LogP contribution is -2.07. The third kappa shape index (κ3) is 3.49. The van der Waals surface area contributed by atoms with Gasteiger partial charge in [0.2, 0.25) is 5.82 Å². The minimum absolute atomic E-state index is 0.387. The number of fused-ring (bicyclic) bond motifs is 1. The van der Waals surface area contributed by atoms with Crippen molar-refractivity contribution in [2.75, 3.05) is 0 Å². The summed E-state index contributed by atoms with van der Waals surface area (Å²) in [7, 11) is 0. The average Bonchev–Trinajstić information content (AvgIpc) is 3.40. The zero-order chi connectivity index (χ0) is 21.5. The molecule has 0 aliphatic heterocycles. The van der Waals surface area contributed by atoms with Crippen molar-refractivity contribution in [1.82, 2.24) is 24.7 Å². The first-order valence-electron chi connectivity index (χ1n) is 9.99. The Morgan fingerprint density at radius 2 is 1.74 bits per heavy atom. The van der Waals surface area contributed by atoms with Gasteiger partial charge < -0.3 is 4.52 Å². The molecule has 6 nitrogen and oxygen atoms in total. The first-order chi connectivity index (χ1) is 15.0. The number of aryl methyl sites for hydroxylation is 3. The van der Waals surface area contributed by atoms with Gasteiger partial charge in [-0.1, -0.05) is 41.0 Å². The highest BCUT2D eigenvalue weighted by Crippen LogP contribution is 2.28. The number of aromatic nitrogens is 5. The fourth-order valence-electron chi connectivity index (χ4n) is 3.77. The van der Waals surface area contributed by atoms with Gasteiger partial charge in [0.05, 0.1) is 6.20 Å². The lowest BCUT2D eigenvalue weighted by molar-refractivity contribution is 0.432. The standard InChI is InChI=1S/C24H20ClN5O/c1-14-6-4-5-7-18(14)12-20-15(2)27-23-21(13-26-30(23)16(20)3)24-28-22(29-31-24)17-8-10-19(25)11-9-17/h4-11,13H,12H2,1-3H3. The van der Waals surface area contributed by atoms with Crippen LogP contribution in [0.3, 0.4) is 0 Å². The Labute approximate surface area is 184 Å². The smallest absolute Gasteiger partial charge is 0.263 e. The van der Waals surface area contributed by atoms with Crippen molar-refractivity contribution in [1.29, 1.82) is 0 Å². The zero-order valence-corrected chi connectivity index (χ0v) is 18.2. The van der Waals surface area contributed by atoms with E-state index >= 15 is 0 Å². The molecule has 7 heteroatoms. The molecule has 0 atom stereocenters. The van der Waals surface area contributed by atoms with Crippen molar-refractivity contribution in [3.8, 4) is 22.8 Å². The fraction of sp³-hybridized carbons (Fsp3) is 0.167. The van der Waals surface area contributed by atoms with E-state index in [0.29, 0.717) is 27.9 Å². The summed E-state index contributed by atoms with van der Waals surface area (Å²) >= 11 is 5.97. The Morgan fingerprint density at radius 3 is 2.52 bits per heavy atom. The van der Waals surface area contributed by atoms with Gasteiger partial charge in [0.15, 0.2) is 5.65 Å². The monoisotopic (exact) mass is 429 g/mol. The third-order valence-corrected chi connectivity index (χ3v) is 5.85. The van der Waals surface area contributed by atoms with E-state index in [1.54, 1.807) is 18.3 Å². The summed E-state index contributed by atoms with van der Waals surface area (Å²) in [5, 5.41) is 9.33. The number of nitrogens with zero attached hydrogens (tertiary/aromatic N) is 5. The maximum absolute atomic E-state index is 5.97. The second-order valence-corrected chi connectivity index (χ2v) is 8.02. The Hall–Kier alpha value is -3.51. The lowest BCUT2D eigenvalue weighted by atomic mass is 9.99. The van der Waals surface area contributed by atoms with E-state index in [-0.39, 0.29) is 0 Å². The van der Waals surface area contributed by atoms with Crippen molar-refractivity contribution >= 4 is 17.2 Å². The van der Waals surface area contributed by atoms with Gasteiger partial charge in [-0.05, 0) is 61.7 Å². The average molecular weight is 430 g/mol. The second kappa shape index (κ2) is 7.63. The molecular formula is C24H20ClN5O. The van der Waals surface area contributed by atoms with Gasteiger partial charge in [-0.15, -0.1) is 0 Å². The summed E-state index contributed by atoms with van der Waals surface area (Å²) in [5.41, 5.74) is 7.98. The van der Waals surface area contributed by atoms with Crippen molar-refractivity contribution < 1.29 is 4.52 Å². The number of hydrogen-bond acceptors (Lipinski definition) is 5. The minimum atomic E-state index is 0.387. The second-order valence-electron chi connectivity index (χ2n) is 7.59. The maximum atomic E-state index is 5.97. The molecule has 3 heterocycles. The molecule has 3 aromatic heterocycles. The highest BCUT2D eigenvalue weighted by atomic mass is 35.5. The van der Waals surface area contributed by atoms with Crippen LogP contribution in [0.4, 0.5) is 0 Å². The molecule has 0 N–H and O–H groups in total. The van der Waals surface area contributed by atoms with E-state index in [9.17, 15) is 0 Å². The van der Waals surface area contributed by atoms with E-state index in [1.807, 2.05) is 23.6 Å². The summed E-state index contributed by atoms with van der Waals surface area (Å²) in [6, 6.07) is 15.7. The highest BCUT2D eigenvalue weighted by molar-refractivity contribution is 6.30. The predicted octanol–water partition coefficient (Wildman–Crippen LogP) is 5.62. The Bertz CT molecular complexity index is 1400. The number of hydrogen-bond donors (Lipinski definition) is 0. The van der Waals surface area contributed by atoms with Crippen molar-refractivity contribution in [2.24, 2.45) is 0 Å². The van der Waals surface area contributed by atoms with E-state index in [2.05, 4.69) is 53.4 Å². The molecule has 0 amide bonds. The Balaban J connectivity index is 1.55. The molecule has 154 valence electrons. The van der Waals surface area contributed by atoms with Crippen LogP contribution in [-0.4, -0.2) is 24.7 Å². The number of halogens is 1. The van der Waals surface area contributed by atoms with Crippen LogP contribution in [0.25, 0.3) is 28.5 Å². The third-order valence-electron chi connectivity index (χ3n) is 5.60. The molecule has 0 unspecified atom stereocenters. The summed E-state index contributed by atoms with van der Waals surface area (Å²) in [6.45, 7) is 6.23. The summed E-state index contributed by atoms with van der Waals surface area (Å²) < 4.78 is 7.39.